The minimum Gasteiger partial charge on any atom is -0.493 e. The first-order valence-corrected chi connectivity index (χ1v) is 11.7. The Labute approximate surface area is 205 Å². The van der Waals surface area contributed by atoms with Crippen LogP contribution in [0.1, 0.15) is 19.8 Å². The molecule has 4 rings (SSSR count). The van der Waals surface area contributed by atoms with Crippen LogP contribution in [0.2, 0.25) is 0 Å². The first-order chi connectivity index (χ1) is 17.0. The van der Waals surface area contributed by atoms with Crippen molar-refractivity contribution >= 4 is 29.0 Å². The van der Waals surface area contributed by atoms with Gasteiger partial charge in [0.05, 0.1) is 7.11 Å². The van der Waals surface area contributed by atoms with E-state index in [0.29, 0.717) is 35.0 Å². The molecule has 3 aromatic rings. The molecule has 8 nitrogen and oxygen atoms in total. The van der Waals surface area contributed by atoms with Crippen LogP contribution in [0.5, 0.6) is 17.2 Å². The van der Waals surface area contributed by atoms with Crippen molar-refractivity contribution < 1.29 is 19.1 Å². The number of nitrogens with one attached hydrogen (secondary N) is 3. The van der Waals surface area contributed by atoms with E-state index in [1.165, 1.54) is 0 Å². The van der Waals surface area contributed by atoms with Crippen molar-refractivity contribution in [3.05, 3.63) is 72.8 Å². The molecule has 8 heteroatoms. The van der Waals surface area contributed by atoms with Crippen molar-refractivity contribution in [2.75, 3.05) is 35.7 Å². The van der Waals surface area contributed by atoms with Crippen molar-refractivity contribution in [1.29, 1.82) is 0 Å². The fourth-order valence-corrected chi connectivity index (χ4v) is 3.93. The Hall–Kier alpha value is -4.20. The lowest BCUT2D eigenvalue weighted by Crippen LogP contribution is -2.36. The van der Waals surface area contributed by atoms with Gasteiger partial charge in [0.2, 0.25) is 5.91 Å². The van der Waals surface area contributed by atoms with Crippen LogP contribution < -0.4 is 30.3 Å². The quantitative estimate of drug-likeness (QED) is 0.415. The van der Waals surface area contributed by atoms with Crippen LogP contribution in [0.4, 0.5) is 21.9 Å². The number of carbonyl (C=O) groups is 2. The average molecular weight is 475 g/mol. The van der Waals surface area contributed by atoms with Crippen LogP contribution in [0.3, 0.4) is 0 Å². The molecular formula is C27H30N4O4. The molecule has 182 valence electrons. The van der Waals surface area contributed by atoms with Gasteiger partial charge >= 0.3 is 6.03 Å². The lowest BCUT2D eigenvalue weighted by Gasteiger charge is -2.19. The molecule has 1 atom stereocenters. The summed E-state index contributed by atoms with van der Waals surface area (Å²) in [6.07, 6.45) is 1.43. The van der Waals surface area contributed by atoms with Gasteiger partial charge in [-0.05, 0) is 67.1 Å². The van der Waals surface area contributed by atoms with E-state index >= 15 is 0 Å². The lowest BCUT2D eigenvalue weighted by atomic mass is 10.2. The Morgan fingerprint density at radius 1 is 0.914 bits per heavy atom. The number of benzene rings is 3. The molecule has 0 aromatic heterocycles. The van der Waals surface area contributed by atoms with Gasteiger partial charge in [-0.3, -0.25) is 4.79 Å². The Morgan fingerprint density at radius 2 is 1.54 bits per heavy atom. The van der Waals surface area contributed by atoms with E-state index in [-0.39, 0.29) is 18.0 Å². The Bertz CT molecular complexity index is 1150. The molecule has 0 spiro atoms. The van der Waals surface area contributed by atoms with Crippen LogP contribution in [-0.2, 0) is 4.79 Å². The molecule has 1 aliphatic heterocycles. The van der Waals surface area contributed by atoms with Crippen LogP contribution in [0.25, 0.3) is 0 Å². The monoisotopic (exact) mass is 474 g/mol. The van der Waals surface area contributed by atoms with Crippen LogP contribution in [0, 0.1) is 0 Å². The zero-order chi connectivity index (χ0) is 24.6. The van der Waals surface area contributed by atoms with E-state index in [1.54, 1.807) is 31.4 Å². The van der Waals surface area contributed by atoms with Crippen LogP contribution in [-0.4, -0.2) is 38.2 Å². The first kappa shape index (κ1) is 23.9. The van der Waals surface area contributed by atoms with Crippen LogP contribution >= 0.6 is 0 Å². The number of amides is 3. The first-order valence-electron chi connectivity index (χ1n) is 11.7. The summed E-state index contributed by atoms with van der Waals surface area (Å²) in [5.74, 6) is 1.98. The highest BCUT2D eigenvalue weighted by molar-refractivity contribution is 5.99. The number of urea groups is 1. The molecular weight excluding hydrogens is 444 g/mol. The third-order valence-corrected chi connectivity index (χ3v) is 5.77. The molecule has 0 saturated carbocycles. The number of nitrogens with zero attached hydrogens (tertiary/aromatic N) is 1. The molecule has 1 saturated heterocycles. The second-order valence-electron chi connectivity index (χ2n) is 8.26. The van der Waals surface area contributed by atoms with Crippen molar-refractivity contribution in [3.63, 3.8) is 0 Å². The van der Waals surface area contributed by atoms with E-state index in [1.807, 2.05) is 55.5 Å². The molecule has 1 heterocycles. The average Bonchev–Trinajstić information content (AvgIpc) is 3.34. The van der Waals surface area contributed by atoms with Crippen molar-refractivity contribution in [1.82, 2.24) is 5.32 Å². The minimum absolute atomic E-state index is 0.0843. The predicted octanol–water partition coefficient (Wildman–Crippen LogP) is 5.24. The maximum atomic E-state index is 12.4. The highest BCUT2D eigenvalue weighted by atomic mass is 16.5. The summed E-state index contributed by atoms with van der Waals surface area (Å²) >= 11 is 0. The van der Waals surface area contributed by atoms with Crippen molar-refractivity contribution in [2.24, 2.45) is 0 Å². The van der Waals surface area contributed by atoms with Gasteiger partial charge in [-0.1, -0.05) is 19.1 Å². The van der Waals surface area contributed by atoms with Gasteiger partial charge in [0.1, 0.15) is 5.75 Å². The number of rotatable bonds is 8. The van der Waals surface area contributed by atoms with Gasteiger partial charge in [0, 0.05) is 42.6 Å². The number of para-hydroxylation sites is 2. The molecule has 3 N–H and O–H groups in total. The van der Waals surface area contributed by atoms with Gasteiger partial charge in [0.15, 0.2) is 11.5 Å². The fraction of sp³-hybridized carbons (Fsp3) is 0.259. The molecule has 35 heavy (non-hydrogen) atoms. The van der Waals surface area contributed by atoms with E-state index < -0.39 is 0 Å². The number of anilines is 3. The number of ether oxygens (including phenoxy) is 2. The second kappa shape index (κ2) is 11.3. The maximum absolute atomic E-state index is 12.4. The largest absolute Gasteiger partial charge is 0.493 e. The third-order valence-electron chi connectivity index (χ3n) is 5.77. The zero-order valence-electron chi connectivity index (χ0n) is 19.9. The fourth-order valence-electron chi connectivity index (χ4n) is 3.93. The topological polar surface area (TPSA) is 91.9 Å². The maximum Gasteiger partial charge on any atom is 0.323 e. The van der Waals surface area contributed by atoms with Gasteiger partial charge in [0.25, 0.3) is 0 Å². The van der Waals surface area contributed by atoms with Gasteiger partial charge in [-0.15, -0.1) is 0 Å². The van der Waals surface area contributed by atoms with Gasteiger partial charge in [-0.2, -0.15) is 0 Å². The summed E-state index contributed by atoms with van der Waals surface area (Å²) in [6.45, 7) is 3.53. The Morgan fingerprint density at radius 3 is 2.17 bits per heavy atom. The SMILES string of the molecule is CCC(=O)NC1CCN(c2ccc(NC(=O)Nc3ccc(Oc4ccccc4OC)cc3)cc2)C1. The van der Waals surface area contributed by atoms with Crippen LogP contribution in [0.15, 0.2) is 72.8 Å². The zero-order valence-corrected chi connectivity index (χ0v) is 19.9. The molecule has 0 bridgehead atoms. The lowest BCUT2D eigenvalue weighted by molar-refractivity contribution is -0.121. The Kier molecular flexibility index (Phi) is 7.72. The summed E-state index contributed by atoms with van der Waals surface area (Å²) in [7, 11) is 1.60. The summed E-state index contributed by atoms with van der Waals surface area (Å²) in [4.78, 5) is 26.3. The molecule has 0 radical (unpaired) electrons. The summed E-state index contributed by atoms with van der Waals surface area (Å²) in [6, 6.07) is 22.1. The molecule has 1 aliphatic rings. The molecule has 3 aromatic carbocycles. The highest BCUT2D eigenvalue weighted by Crippen LogP contribution is 2.31. The Balaban J connectivity index is 1.27. The minimum atomic E-state index is -0.334. The van der Waals surface area contributed by atoms with E-state index in [9.17, 15) is 9.59 Å². The third kappa shape index (κ3) is 6.44. The number of hydrogen-bond acceptors (Lipinski definition) is 5. The van der Waals surface area contributed by atoms with Gasteiger partial charge < -0.3 is 30.3 Å². The second-order valence-corrected chi connectivity index (χ2v) is 8.26. The number of carbonyl (C=O) groups excluding carboxylic acids is 2. The molecule has 0 aliphatic carbocycles. The summed E-state index contributed by atoms with van der Waals surface area (Å²) in [5, 5.41) is 8.72. The molecule has 1 unspecified atom stereocenters. The smallest absolute Gasteiger partial charge is 0.323 e. The van der Waals surface area contributed by atoms with E-state index in [2.05, 4.69) is 20.9 Å². The van der Waals surface area contributed by atoms with Crippen molar-refractivity contribution in [3.8, 4) is 17.2 Å². The van der Waals surface area contributed by atoms with E-state index in [0.717, 1.165) is 25.2 Å². The summed E-state index contributed by atoms with van der Waals surface area (Å²) < 4.78 is 11.2. The number of methoxy groups -OCH3 is 1. The predicted molar refractivity (Wildman–Crippen MR) is 138 cm³/mol. The van der Waals surface area contributed by atoms with Crippen molar-refractivity contribution in [2.45, 2.75) is 25.8 Å². The summed E-state index contributed by atoms with van der Waals surface area (Å²) in [5.41, 5.74) is 2.40. The van der Waals surface area contributed by atoms with E-state index in [4.69, 9.17) is 9.47 Å². The normalized spacial score (nSPS) is 14.8. The standard InChI is InChI=1S/C27H30N4O4/c1-3-26(32)28-21-16-17-31(18-21)22-12-8-19(9-13-22)29-27(33)30-20-10-14-23(15-11-20)35-25-7-5-4-6-24(25)34-2/h4-15,21H,3,16-18H2,1-2H3,(H,28,32)(H2,29,30,33). The molecule has 3 amide bonds. The highest BCUT2D eigenvalue weighted by Gasteiger charge is 2.23. The molecule has 1 fully saturated rings. The number of hydrogen-bond donors (Lipinski definition) is 3. The van der Waals surface area contributed by atoms with Gasteiger partial charge in [-0.25, -0.2) is 4.79 Å².